The lowest BCUT2D eigenvalue weighted by Gasteiger charge is -2.26. The third kappa shape index (κ3) is 10.3. The normalized spacial score (nSPS) is 15.5. The zero-order chi connectivity index (χ0) is 16.9. The van der Waals surface area contributed by atoms with Gasteiger partial charge < -0.3 is 15.4 Å². The van der Waals surface area contributed by atoms with E-state index in [1.165, 1.54) is 4.90 Å². The summed E-state index contributed by atoms with van der Waals surface area (Å²) in [7, 11) is 0. The van der Waals surface area contributed by atoms with Crippen molar-refractivity contribution < 1.29 is 4.74 Å². The minimum Gasteiger partial charge on any atom is -0.379 e. The van der Waals surface area contributed by atoms with Gasteiger partial charge in [-0.15, -0.1) is 35.7 Å². The SMILES string of the molecule is CCNC(=NCCCSc1ccccc1)NCCN1CCOCC1.I. The smallest absolute Gasteiger partial charge is 0.191 e. The van der Waals surface area contributed by atoms with E-state index in [9.17, 15) is 0 Å². The first-order valence-corrected chi connectivity index (χ1v) is 9.87. The van der Waals surface area contributed by atoms with Gasteiger partial charge >= 0.3 is 0 Å². The highest BCUT2D eigenvalue weighted by Crippen LogP contribution is 2.17. The highest BCUT2D eigenvalue weighted by Gasteiger charge is 2.09. The van der Waals surface area contributed by atoms with E-state index in [1.54, 1.807) is 0 Å². The predicted octanol–water partition coefficient (Wildman–Crippen LogP) is 2.67. The fourth-order valence-electron chi connectivity index (χ4n) is 2.46. The van der Waals surface area contributed by atoms with Crippen LogP contribution >= 0.6 is 35.7 Å². The lowest BCUT2D eigenvalue weighted by molar-refractivity contribution is 0.0389. The van der Waals surface area contributed by atoms with Crippen LogP contribution in [0.4, 0.5) is 0 Å². The molecule has 7 heteroatoms. The molecule has 1 aromatic rings. The molecule has 2 rings (SSSR count). The molecule has 0 atom stereocenters. The van der Waals surface area contributed by atoms with Crippen LogP contribution < -0.4 is 10.6 Å². The number of halogens is 1. The summed E-state index contributed by atoms with van der Waals surface area (Å²) in [5.74, 6) is 2.02. The van der Waals surface area contributed by atoms with Crippen LogP contribution in [0.5, 0.6) is 0 Å². The molecule has 0 amide bonds. The fourth-order valence-corrected chi connectivity index (χ4v) is 3.32. The molecule has 1 aromatic carbocycles. The van der Waals surface area contributed by atoms with Crippen LogP contribution in [0.15, 0.2) is 40.2 Å². The number of nitrogens with one attached hydrogen (secondary N) is 2. The molecule has 0 unspecified atom stereocenters. The molecule has 1 aliphatic rings. The number of hydrogen-bond donors (Lipinski definition) is 2. The number of hydrogen-bond acceptors (Lipinski definition) is 4. The van der Waals surface area contributed by atoms with Gasteiger partial charge in [-0.25, -0.2) is 0 Å². The van der Waals surface area contributed by atoms with Gasteiger partial charge in [0.25, 0.3) is 0 Å². The summed E-state index contributed by atoms with van der Waals surface area (Å²) >= 11 is 1.89. The Morgan fingerprint density at radius 3 is 2.68 bits per heavy atom. The zero-order valence-electron chi connectivity index (χ0n) is 15.1. The second kappa shape index (κ2) is 14.6. The standard InChI is InChI=1S/C18H30N4OS.HI/c1-2-19-18(21-10-11-22-12-14-23-15-13-22)20-9-6-16-24-17-7-4-3-5-8-17;/h3-5,7-8H,2,6,9-16H2,1H3,(H2,19,20,21);1H. The Bertz CT molecular complexity index is 469. The lowest BCUT2D eigenvalue weighted by Crippen LogP contribution is -2.44. The number of guanidine groups is 1. The van der Waals surface area contributed by atoms with Crippen molar-refractivity contribution in [3.63, 3.8) is 0 Å². The Kier molecular flexibility index (Phi) is 13.2. The maximum atomic E-state index is 5.37. The van der Waals surface area contributed by atoms with Gasteiger partial charge in [0.2, 0.25) is 0 Å². The van der Waals surface area contributed by atoms with E-state index in [0.717, 1.165) is 70.6 Å². The summed E-state index contributed by atoms with van der Waals surface area (Å²) in [4.78, 5) is 8.42. The summed E-state index contributed by atoms with van der Waals surface area (Å²) in [6.07, 6.45) is 1.08. The third-order valence-electron chi connectivity index (χ3n) is 3.75. The molecular formula is C18H31IN4OS. The molecule has 0 aromatic heterocycles. The van der Waals surface area contributed by atoms with Gasteiger partial charge in [-0.1, -0.05) is 18.2 Å². The Balaban J connectivity index is 0.00000312. The van der Waals surface area contributed by atoms with Gasteiger partial charge in [-0.2, -0.15) is 0 Å². The second-order valence-corrected chi connectivity index (χ2v) is 6.82. The van der Waals surface area contributed by atoms with Crippen molar-refractivity contribution in [2.24, 2.45) is 4.99 Å². The number of rotatable bonds is 9. The van der Waals surface area contributed by atoms with Crippen LogP contribution in [0.25, 0.3) is 0 Å². The largest absolute Gasteiger partial charge is 0.379 e. The topological polar surface area (TPSA) is 48.9 Å². The Morgan fingerprint density at radius 1 is 1.20 bits per heavy atom. The highest BCUT2D eigenvalue weighted by atomic mass is 127. The van der Waals surface area contributed by atoms with Crippen molar-refractivity contribution in [2.45, 2.75) is 18.2 Å². The monoisotopic (exact) mass is 478 g/mol. The number of thioether (sulfide) groups is 1. The first-order chi connectivity index (χ1) is 11.9. The predicted molar refractivity (Wildman–Crippen MR) is 118 cm³/mol. The van der Waals surface area contributed by atoms with E-state index in [2.05, 4.69) is 57.8 Å². The van der Waals surface area contributed by atoms with Gasteiger partial charge in [-0.3, -0.25) is 9.89 Å². The van der Waals surface area contributed by atoms with Gasteiger partial charge in [0.15, 0.2) is 5.96 Å². The van der Waals surface area contributed by atoms with Crippen LogP contribution in [-0.4, -0.2) is 69.1 Å². The van der Waals surface area contributed by atoms with Crippen LogP contribution in [-0.2, 0) is 4.74 Å². The van der Waals surface area contributed by atoms with E-state index >= 15 is 0 Å². The summed E-state index contributed by atoms with van der Waals surface area (Å²) in [5.41, 5.74) is 0. The highest BCUT2D eigenvalue weighted by molar-refractivity contribution is 14.0. The van der Waals surface area contributed by atoms with E-state index in [1.807, 2.05) is 11.8 Å². The average molecular weight is 478 g/mol. The van der Waals surface area contributed by atoms with Crippen LogP contribution in [0.3, 0.4) is 0 Å². The van der Waals surface area contributed by atoms with Crippen molar-refractivity contribution in [2.75, 3.05) is 58.2 Å². The van der Waals surface area contributed by atoms with Crippen molar-refractivity contribution in [1.82, 2.24) is 15.5 Å². The molecule has 1 fully saturated rings. The first kappa shape index (κ1) is 22.5. The summed E-state index contributed by atoms with van der Waals surface area (Å²) in [6.45, 7) is 9.58. The number of benzene rings is 1. The Labute approximate surface area is 173 Å². The van der Waals surface area contributed by atoms with E-state index in [-0.39, 0.29) is 24.0 Å². The van der Waals surface area contributed by atoms with Crippen LogP contribution in [0, 0.1) is 0 Å². The Hall–Kier alpha value is -0.510. The molecule has 1 saturated heterocycles. The van der Waals surface area contributed by atoms with E-state index in [4.69, 9.17) is 4.74 Å². The fraction of sp³-hybridized carbons (Fsp3) is 0.611. The molecule has 0 aliphatic carbocycles. The van der Waals surface area contributed by atoms with Gasteiger partial charge in [-0.05, 0) is 31.2 Å². The molecule has 142 valence electrons. The van der Waals surface area contributed by atoms with E-state index < -0.39 is 0 Å². The Morgan fingerprint density at radius 2 is 1.96 bits per heavy atom. The molecule has 0 spiro atoms. The summed E-state index contributed by atoms with van der Waals surface area (Å²) in [5, 5.41) is 6.74. The van der Waals surface area contributed by atoms with Crippen LogP contribution in [0.1, 0.15) is 13.3 Å². The van der Waals surface area contributed by atoms with Gasteiger partial charge in [0.1, 0.15) is 0 Å². The number of aliphatic imine (C=N–C) groups is 1. The lowest BCUT2D eigenvalue weighted by atomic mass is 10.4. The molecule has 25 heavy (non-hydrogen) atoms. The van der Waals surface area contributed by atoms with Crippen molar-refractivity contribution in [3.05, 3.63) is 30.3 Å². The van der Waals surface area contributed by atoms with Crippen molar-refractivity contribution in [1.29, 1.82) is 0 Å². The van der Waals surface area contributed by atoms with Crippen LogP contribution in [0.2, 0.25) is 0 Å². The molecule has 2 N–H and O–H groups in total. The molecule has 0 bridgehead atoms. The molecule has 0 saturated carbocycles. The summed E-state index contributed by atoms with van der Waals surface area (Å²) < 4.78 is 5.37. The molecule has 0 radical (unpaired) electrons. The zero-order valence-corrected chi connectivity index (χ0v) is 18.2. The maximum Gasteiger partial charge on any atom is 0.191 e. The number of nitrogens with zero attached hydrogens (tertiary/aromatic N) is 2. The van der Waals surface area contributed by atoms with Crippen molar-refractivity contribution >= 4 is 41.7 Å². The molecular weight excluding hydrogens is 447 g/mol. The van der Waals surface area contributed by atoms with Gasteiger partial charge in [0.05, 0.1) is 13.2 Å². The molecule has 1 aliphatic heterocycles. The van der Waals surface area contributed by atoms with Crippen molar-refractivity contribution in [3.8, 4) is 0 Å². The second-order valence-electron chi connectivity index (χ2n) is 5.66. The third-order valence-corrected chi connectivity index (χ3v) is 4.85. The maximum absolute atomic E-state index is 5.37. The van der Waals surface area contributed by atoms with E-state index in [0.29, 0.717) is 0 Å². The molecule has 5 nitrogen and oxygen atoms in total. The average Bonchev–Trinajstić information content (AvgIpc) is 2.63. The first-order valence-electron chi connectivity index (χ1n) is 8.88. The van der Waals surface area contributed by atoms with Gasteiger partial charge in [0, 0.05) is 44.2 Å². The molecule has 1 heterocycles. The minimum atomic E-state index is 0. The quantitative estimate of drug-likeness (QED) is 0.188. The number of morpholine rings is 1. The number of ether oxygens (including phenoxy) is 1. The minimum absolute atomic E-state index is 0. The summed E-state index contributed by atoms with van der Waals surface area (Å²) in [6, 6.07) is 10.5.